The summed E-state index contributed by atoms with van der Waals surface area (Å²) >= 11 is 0. The molecule has 4 rings (SSSR count). The van der Waals surface area contributed by atoms with Crippen LogP contribution in [0.1, 0.15) is 31.0 Å². The molecule has 3 N–H and O–H groups in total. The van der Waals surface area contributed by atoms with E-state index < -0.39 is 0 Å². The zero-order valence-corrected chi connectivity index (χ0v) is 16.4. The Kier molecular flexibility index (Phi) is 5.20. The number of carbonyl (C=O) groups excluding carboxylic acids is 1. The Morgan fingerprint density at radius 3 is 2.93 bits per heavy atom. The van der Waals surface area contributed by atoms with Gasteiger partial charge in [0.25, 0.3) is 0 Å². The van der Waals surface area contributed by atoms with Crippen molar-refractivity contribution in [1.29, 1.82) is 0 Å². The summed E-state index contributed by atoms with van der Waals surface area (Å²) in [6.45, 7) is 3.25. The number of fused-ring (bicyclic) bond motifs is 2. The van der Waals surface area contributed by atoms with E-state index in [1.165, 1.54) is 0 Å². The van der Waals surface area contributed by atoms with Gasteiger partial charge in [0.1, 0.15) is 17.4 Å². The highest BCUT2D eigenvalue weighted by Crippen LogP contribution is 2.35. The molecule has 0 radical (unpaired) electrons. The van der Waals surface area contributed by atoms with Crippen molar-refractivity contribution < 1.29 is 14.6 Å². The number of nitrogens with zero attached hydrogens (tertiary/aromatic N) is 3. The number of aromatic hydroxyl groups is 1. The molecule has 1 aliphatic rings. The van der Waals surface area contributed by atoms with Crippen LogP contribution in [0.25, 0.3) is 10.8 Å². The van der Waals surface area contributed by atoms with E-state index in [0.29, 0.717) is 31.8 Å². The van der Waals surface area contributed by atoms with Gasteiger partial charge in [0.05, 0.1) is 18.8 Å². The highest BCUT2D eigenvalue weighted by Gasteiger charge is 2.23. The SMILES string of the molecule is CC(=O)CCCOc1nc(N)c2c(n1)CN(c1cc(O)cc3ccccc13)CC2. The van der Waals surface area contributed by atoms with E-state index in [-0.39, 0.29) is 17.5 Å². The van der Waals surface area contributed by atoms with Crippen LogP contribution in [0, 0.1) is 0 Å². The monoisotopic (exact) mass is 392 g/mol. The number of ether oxygens (including phenoxy) is 1. The second kappa shape index (κ2) is 7.95. The second-order valence-electron chi connectivity index (χ2n) is 7.33. The van der Waals surface area contributed by atoms with Crippen molar-refractivity contribution in [1.82, 2.24) is 9.97 Å². The van der Waals surface area contributed by atoms with Crippen LogP contribution in [-0.2, 0) is 17.8 Å². The van der Waals surface area contributed by atoms with E-state index in [4.69, 9.17) is 10.5 Å². The van der Waals surface area contributed by atoms with Crippen molar-refractivity contribution in [3.05, 3.63) is 47.7 Å². The molecule has 29 heavy (non-hydrogen) atoms. The largest absolute Gasteiger partial charge is 0.508 e. The first-order valence-electron chi connectivity index (χ1n) is 9.75. The topological polar surface area (TPSA) is 102 Å². The maximum atomic E-state index is 11.1. The minimum absolute atomic E-state index is 0.133. The number of hydrogen-bond acceptors (Lipinski definition) is 7. The number of phenolic OH excluding ortho intramolecular Hbond substituents is 1. The standard InChI is InChI=1S/C22H24N4O3/c1-14(27)5-4-10-29-22-24-19-13-26(9-8-18(19)21(23)25-22)20-12-16(28)11-15-6-2-3-7-17(15)20/h2-3,6-7,11-12,28H,4-5,8-10,13H2,1H3,(H2,23,24,25). The third kappa shape index (κ3) is 4.08. The molecule has 2 aromatic carbocycles. The fourth-order valence-electron chi connectivity index (χ4n) is 3.73. The van der Waals surface area contributed by atoms with Crippen molar-refractivity contribution in [2.24, 2.45) is 0 Å². The van der Waals surface area contributed by atoms with E-state index in [2.05, 4.69) is 20.9 Å². The van der Waals surface area contributed by atoms with E-state index in [9.17, 15) is 9.90 Å². The number of aromatic nitrogens is 2. The van der Waals surface area contributed by atoms with Crippen molar-refractivity contribution in [2.75, 3.05) is 23.8 Å². The molecule has 0 unspecified atom stereocenters. The highest BCUT2D eigenvalue weighted by atomic mass is 16.5. The van der Waals surface area contributed by atoms with Crippen LogP contribution in [0.5, 0.6) is 11.8 Å². The Balaban J connectivity index is 1.59. The fourth-order valence-corrected chi connectivity index (χ4v) is 3.73. The quantitative estimate of drug-likeness (QED) is 0.621. The van der Waals surface area contributed by atoms with E-state index in [1.54, 1.807) is 19.1 Å². The van der Waals surface area contributed by atoms with Crippen molar-refractivity contribution >= 4 is 28.1 Å². The van der Waals surface area contributed by atoms with Gasteiger partial charge < -0.3 is 25.3 Å². The molecular formula is C22H24N4O3. The van der Waals surface area contributed by atoms with Gasteiger partial charge in [0.15, 0.2) is 0 Å². The molecule has 0 atom stereocenters. The molecule has 7 nitrogen and oxygen atoms in total. The van der Waals surface area contributed by atoms with Crippen LogP contribution < -0.4 is 15.4 Å². The number of phenols is 1. The van der Waals surface area contributed by atoms with Gasteiger partial charge in [-0.1, -0.05) is 24.3 Å². The summed E-state index contributed by atoms with van der Waals surface area (Å²) in [5, 5.41) is 12.2. The highest BCUT2D eigenvalue weighted by molar-refractivity contribution is 5.95. The molecule has 0 saturated heterocycles. The van der Waals surface area contributed by atoms with Crippen molar-refractivity contribution in [3.8, 4) is 11.8 Å². The lowest BCUT2D eigenvalue weighted by Gasteiger charge is -2.31. The molecular weight excluding hydrogens is 368 g/mol. The molecule has 1 aromatic heterocycles. The average Bonchev–Trinajstić information content (AvgIpc) is 2.70. The first-order chi connectivity index (χ1) is 14.0. The summed E-state index contributed by atoms with van der Waals surface area (Å²) in [5.74, 6) is 0.812. The molecule has 150 valence electrons. The second-order valence-corrected chi connectivity index (χ2v) is 7.33. The number of nitrogen functional groups attached to an aromatic ring is 1. The van der Waals surface area contributed by atoms with E-state index in [0.717, 1.165) is 40.7 Å². The molecule has 7 heteroatoms. The molecule has 0 spiro atoms. The van der Waals surface area contributed by atoms with Gasteiger partial charge in [-0.3, -0.25) is 0 Å². The van der Waals surface area contributed by atoms with Crippen LogP contribution in [-0.4, -0.2) is 34.0 Å². The first-order valence-corrected chi connectivity index (χ1v) is 9.75. The molecule has 3 aromatic rings. The molecule has 0 fully saturated rings. The van der Waals surface area contributed by atoms with Gasteiger partial charge in [-0.05, 0) is 31.2 Å². The maximum absolute atomic E-state index is 11.1. The Hall–Kier alpha value is -3.35. The van der Waals surface area contributed by atoms with Gasteiger partial charge in [-0.2, -0.15) is 9.97 Å². The Bertz CT molecular complexity index is 1070. The van der Waals surface area contributed by atoms with Crippen LogP contribution >= 0.6 is 0 Å². The summed E-state index contributed by atoms with van der Waals surface area (Å²) in [7, 11) is 0. The van der Waals surface area contributed by atoms with Crippen molar-refractivity contribution in [2.45, 2.75) is 32.7 Å². The molecule has 1 aliphatic heterocycles. The van der Waals surface area contributed by atoms with Crippen LogP contribution in [0.15, 0.2) is 36.4 Å². The van der Waals surface area contributed by atoms with Gasteiger partial charge in [-0.15, -0.1) is 0 Å². The summed E-state index contributed by atoms with van der Waals surface area (Å²) in [5.41, 5.74) is 8.89. The summed E-state index contributed by atoms with van der Waals surface area (Å²) in [6.07, 6.45) is 1.81. The summed E-state index contributed by atoms with van der Waals surface area (Å²) in [4.78, 5) is 22.1. The number of hydrogen-bond donors (Lipinski definition) is 2. The number of ketones is 1. The third-order valence-corrected chi connectivity index (χ3v) is 5.15. The Morgan fingerprint density at radius 1 is 1.28 bits per heavy atom. The fraction of sp³-hybridized carbons (Fsp3) is 0.318. The first kappa shape index (κ1) is 19.0. The molecule has 0 bridgehead atoms. The number of nitrogens with two attached hydrogens (primary N) is 1. The summed E-state index contributed by atoms with van der Waals surface area (Å²) in [6, 6.07) is 11.8. The maximum Gasteiger partial charge on any atom is 0.318 e. The minimum atomic E-state index is 0.133. The van der Waals surface area contributed by atoms with Gasteiger partial charge in [0.2, 0.25) is 0 Å². The normalized spacial score (nSPS) is 13.3. The van der Waals surface area contributed by atoms with Gasteiger partial charge in [0, 0.05) is 35.7 Å². The van der Waals surface area contributed by atoms with Crippen LogP contribution in [0.4, 0.5) is 11.5 Å². The molecule has 2 heterocycles. The van der Waals surface area contributed by atoms with Gasteiger partial charge in [-0.25, -0.2) is 0 Å². The zero-order chi connectivity index (χ0) is 20.4. The minimum Gasteiger partial charge on any atom is -0.508 e. The molecule has 0 amide bonds. The lowest BCUT2D eigenvalue weighted by atomic mass is 10.0. The lowest BCUT2D eigenvalue weighted by molar-refractivity contribution is -0.117. The predicted octanol–water partition coefficient (Wildman–Crippen LogP) is 3.23. The van der Waals surface area contributed by atoms with Crippen molar-refractivity contribution in [3.63, 3.8) is 0 Å². The van der Waals surface area contributed by atoms with E-state index in [1.807, 2.05) is 18.2 Å². The lowest BCUT2D eigenvalue weighted by Crippen LogP contribution is -2.32. The predicted molar refractivity (Wildman–Crippen MR) is 112 cm³/mol. The third-order valence-electron chi connectivity index (χ3n) is 5.15. The molecule has 0 aliphatic carbocycles. The van der Waals surface area contributed by atoms with E-state index >= 15 is 0 Å². The number of rotatable bonds is 6. The number of anilines is 2. The summed E-state index contributed by atoms with van der Waals surface area (Å²) < 4.78 is 5.62. The van der Waals surface area contributed by atoms with Crippen LogP contribution in [0.2, 0.25) is 0 Å². The number of carbonyl (C=O) groups is 1. The number of benzene rings is 2. The smallest absolute Gasteiger partial charge is 0.318 e. The molecule has 0 saturated carbocycles. The Labute approximate surface area is 169 Å². The van der Waals surface area contributed by atoms with Crippen LogP contribution in [0.3, 0.4) is 0 Å². The average molecular weight is 392 g/mol. The number of Topliss-reactive ketones (excluding diaryl/α,β-unsaturated/α-hetero) is 1. The zero-order valence-electron chi connectivity index (χ0n) is 16.4. The van der Waals surface area contributed by atoms with Gasteiger partial charge >= 0.3 is 6.01 Å². The Morgan fingerprint density at radius 2 is 2.10 bits per heavy atom.